The molecule has 1 aliphatic heterocycles. The molecule has 7 heteroatoms. The summed E-state index contributed by atoms with van der Waals surface area (Å²) in [5.74, 6) is 2.11. The van der Waals surface area contributed by atoms with Gasteiger partial charge in [0.15, 0.2) is 0 Å². The van der Waals surface area contributed by atoms with Crippen LogP contribution in [-0.4, -0.2) is 72.4 Å². The average molecular weight is 294 g/mol. The minimum atomic E-state index is 0.215. The maximum absolute atomic E-state index is 8.99. The Bertz CT molecular complexity index is 443. The molecule has 1 aliphatic rings. The van der Waals surface area contributed by atoms with Gasteiger partial charge in [0, 0.05) is 51.9 Å². The fourth-order valence-electron chi connectivity index (χ4n) is 2.59. The molecular weight excluding hydrogens is 268 g/mol. The van der Waals surface area contributed by atoms with Gasteiger partial charge >= 0.3 is 0 Å². The van der Waals surface area contributed by atoms with Gasteiger partial charge in [-0.15, -0.1) is 0 Å². The van der Waals surface area contributed by atoms with Gasteiger partial charge in [-0.1, -0.05) is 0 Å². The third kappa shape index (κ3) is 3.95. The van der Waals surface area contributed by atoms with E-state index in [9.17, 15) is 0 Å². The van der Waals surface area contributed by atoms with Crippen LogP contribution in [0.1, 0.15) is 13.8 Å². The molecule has 118 valence electrons. The smallest absolute Gasteiger partial charge is 0.229 e. The van der Waals surface area contributed by atoms with E-state index in [1.807, 2.05) is 6.07 Å². The molecule has 0 amide bonds. The maximum atomic E-state index is 8.99. The highest BCUT2D eigenvalue weighted by atomic mass is 16.3. The Labute approximate surface area is 126 Å². The van der Waals surface area contributed by atoms with Crippen molar-refractivity contribution in [2.24, 2.45) is 0 Å². The topological polar surface area (TPSA) is 81.8 Å². The molecule has 7 nitrogen and oxygen atoms in total. The second-order valence-corrected chi connectivity index (χ2v) is 5.18. The molecule has 0 spiro atoms. The fourth-order valence-corrected chi connectivity index (χ4v) is 2.59. The van der Waals surface area contributed by atoms with E-state index in [1.165, 1.54) is 0 Å². The molecule has 0 aromatic carbocycles. The Hall–Kier alpha value is -1.60. The van der Waals surface area contributed by atoms with Crippen LogP contribution in [0, 0.1) is 0 Å². The maximum Gasteiger partial charge on any atom is 0.229 e. The first-order valence-corrected chi connectivity index (χ1v) is 7.65. The van der Waals surface area contributed by atoms with Gasteiger partial charge in [-0.2, -0.15) is 9.97 Å². The van der Waals surface area contributed by atoms with E-state index in [1.54, 1.807) is 0 Å². The van der Waals surface area contributed by atoms with Crippen molar-refractivity contribution in [2.75, 3.05) is 68.0 Å². The third-order valence-electron chi connectivity index (χ3n) is 3.88. The second-order valence-electron chi connectivity index (χ2n) is 5.18. The highest BCUT2D eigenvalue weighted by Gasteiger charge is 2.19. The van der Waals surface area contributed by atoms with Crippen molar-refractivity contribution in [1.29, 1.82) is 0 Å². The number of hydrogen-bond acceptors (Lipinski definition) is 7. The van der Waals surface area contributed by atoms with E-state index in [4.69, 9.17) is 10.8 Å². The van der Waals surface area contributed by atoms with Crippen molar-refractivity contribution in [2.45, 2.75) is 13.8 Å². The molecule has 0 bridgehead atoms. The summed E-state index contributed by atoms with van der Waals surface area (Å²) in [6.45, 7) is 10.5. The molecule has 1 aromatic heterocycles. The van der Waals surface area contributed by atoms with Crippen molar-refractivity contribution < 1.29 is 5.11 Å². The van der Waals surface area contributed by atoms with Crippen LogP contribution >= 0.6 is 0 Å². The van der Waals surface area contributed by atoms with Gasteiger partial charge in [0.2, 0.25) is 5.95 Å². The van der Waals surface area contributed by atoms with E-state index in [-0.39, 0.29) is 6.61 Å². The number of aliphatic hydroxyl groups is 1. The van der Waals surface area contributed by atoms with Gasteiger partial charge in [0.05, 0.1) is 6.61 Å². The number of aromatic nitrogens is 2. The Morgan fingerprint density at radius 2 is 1.86 bits per heavy atom. The average Bonchev–Trinajstić information content (AvgIpc) is 2.49. The summed E-state index contributed by atoms with van der Waals surface area (Å²) in [4.78, 5) is 15.6. The molecular formula is C14H26N6O. The van der Waals surface area contributed by atoms with Crippen LogP contribution in [0.5, 0.6) is 0 Å². The number of rotatable bonds is 6. The van der Waals surface area contributed by atoms with E-state index in [0.717, 1.165) is 51.6 Å². The van der Waals surface area contributed by atoms with Crippen molar-refractivity contribution in [3.8, 4) is 0 Å². The minimum Gasteiger partial charge on any atom is -0.395 e. The van der Waals surface area contributed by atoms with Crippen molar-refractivity contribution in [1.82, 2.24) is 14.9 Å². The van der Waals surface area contributed by atoms with Crippen LogP contribution in [0.25, 0.3) is 0 Å². The third-order valence-corrected chi connectivity index (χ3v) is 3.88. The zero-order valence-corrected chi connectivity index (χ0v) is 13.0. The number of aliphatic hydroxyl groups excluding tert-OH is 1. The van der Waals surface area contributed by atoms with Gasteiger partial charge in [-0.25, -0.2) is 0 Å². The summed E-state index contributed by atoms with van der Waals surface area (Å²) >= 11 is 0. The first-order chi connectivity index (χ1) is 10.2. The Kier molecular flexibility index (Phi) is 5.58. The lowest BCUT2D eigenvalue weighted by atomic mass is 10.3. The summed E-state index contributed by atoms with van der Waals surface area (Å²) in [7, 11) is 0. The van der Waals surface area contributed by atoms with Crippen molar-refractivity contribution in [3.05, 3.63) is 6.07 Å². The van der Waals surface area contributed by atoms with Gasteiger partial charge in [0.1, 0.15) is 11.6 Å². The number of hydrogen-bond donors (Lipinski definition) is 2. The molecule has 2 rings (SSSR count). The number of anilines is 3. The second kappa shape index (κ2) is 7.42. The van der Waals surface area contributed by atoms with E-state index in [0.29, 0.717) is 11.8 Å². The first kappa shape index (κ1) is 15.8. The normalized spacial score (nSPS) is 16.2. The Morgan fingerprint density at radius 1 is 1.19 bits per heavy atom. The number of nitrogen functional groups attached to an aromatic ring is 1. The summed E-state index contributed by atoms with van der Waals surface area (Å²) in [5.41, 5.74) is 5.94. The van der Waals surface area contributed by atoms with Crippen LogP contribution in [0.4, 0.5) is 17.6 Å². The monoisotopic (exact) mass is 294 g/mol. The van der Waals surface area contributed by atoms with Gasteiger partial charge < -0.3 is 20.6 Å². The zero-order valence-electron chi connectivity index (χ0n) is 13.0. The lowest BCUT2D eigenvalue weighted by Gasteiger charge is -2.35. The number of β-amino-alcohol motifs (C(OH)–C–C–N with tert-alkyl or cyclic N) is 1. The van der Waals surface area contributed by atoms with Crippen molar-refractivity contribution in [3.63, 3.8) is 0 Å². The SMILES string of the molecule is CCN(CC)c1nc(N)cc(N2CCN(CCO)CC2)n1. The molecule has 21 heavy (non-hydrogen) atoms. The largest absolute Gasteiger partial charge is 0.395 e. The lowest BCUT2D eigenvalue weighted by molar-refractivity contribution is 0.188. The van der Waals surface area contributed by atoms with Crippen LogP contribution in [0.2, 0.25) is 0 Å². The molecule has 3 N–H and O–H groups in total. The predicted molar refractivity (Wildman–Crippen MR) is 85.7 cm³/mol. The summed E-state index contributed by atoms with van der Waals surface area (Å²) < 4.78 is 0. The van der Waals surface area contributed by atoms with Gasteiger partial charge in [-0.3, -0.25) is 4.90 Å². The molecule has 0 unspecified atom stereocenters. The molecule has 1 fully saturated rings. The van der Waals surface area contributed by atoms with E-state index >= 15 is 0 Å². The van der Waals surface area contributed by atoms with Crippen LogP contribution in [0.3, 0.4) is 0 Å². The number of nitrogens with zero attached hydrogens (tertiary/aromatic N) is 5. The van der Waals surface area contributed by atoms with Gasteiger partial charge in [0.25, 0.3) is 0 Å². The molecule has 0 saturated carbocycles. The number of nitrogens with two attached hydrogens (primary N) is 1. The van der Waals surface area contributed by atoms with E-state index in [2.05, 4.69) is 38.5 Å². The lowest BCUT2D eigenvalue weighted by Crippen LogP contribution is -2.47. The van der Waals surface area contributed by atoms with Crippen LogP contribution in [-0.2, 0) is 0 Å². The molecule has 0 radical (unpaired) electrons. The summed E-state index contributed by atoms with van der Waals surface area (Å²) in [5, 5.41) is 8.99. The molecule has 1 aromatic rings. The molecule has 0 atom stereocenters. The standard InChI is InChI=1S/C14H26N6O/c1-3-19(4-2)14-16-12(15)11-13(17-14)20-7-5-18(6-8-20)9-10-21/h11,21H,3-10H2,1-2H3,(H2,15,16,17). The van der Waals surface area contributed by atoms with Gasteiger partial charge in [-0.05, 0) is 13.8 Å². The highest BCUT2D eigenvalue weighted by Crippen LogP contribution is 2.20. The number of piperazine rings is 1. The zero-order chi connectivity index (χ0) is 15.2. The van der Waals surface area contributed by atoms with Crippen LogP contribution < -0.4 is 15.5 Å². The van der Waals surface area contributed by atoms with E-state index < -0.39 is 0 Å². The minimum absolute atomic E-state index is 0.215. The summed E-state index contributed by atoms with van der Waals surface area (Å²) in [6.07, 6.45) is 0. The Morgan fingerprint density at radius 3 is 2.43 bits per heavy atom. The van der Waals surface area contributed by atoms with Crippen molar-refractivity contribution >= 4 is 17.6 Å². The first-order valence-electron chi connectivity index (χ1n) is 7.65. The molecule has 0 aliphatic carbocycles. The quantitative estimate of drug-likeness (QED) is 0.765. The fraction of sp³-hybridized carbons (Fsp3) is 0.714. The molecule has 2 heterocycles. The predicted octanol–water partition coefficient (Wildman–Crippen LogP) is 0.0193. The summed E-state index contributed by atoms with van der Waals surface area (Å²) in [6, 6.07) is 1.84. The van der Waals surface area contributed by atoms with Crippen LogP contribution in [0.15, 0.2) is 6.07 Å². The molecule has 1 saturated heterocycles. The highest BCUT2D eigenvalue weighted by molar-refractivity contribution is 5.52. The Balaban J connectivity index is 2.10.